The molecule has 152 valence electrons. The van der Waals surface area contributed by atoms with Crippen molar-refractivity contribution < 1.29 is 23.9 Å². The molecular formula is C23H19FN2O4. The van der Waals surface area contributed by atoms with E-state index in [1.165, 1.54) is 30.3 Å². The molecule has 3 rings (SSSR count). The average molecular weight is 406 g/mol. The van der Waals surface area contributed by atoms with E-state index in [1.807, 2.05) is 0 Å². The Kier molecular flexibility index (Phi) is 6.91. The monoisotopic (exact) mass is 406 g/mol. The molecule has 0 aliphatic rings. The van der Waals surface area contributed by atoms with Gasteiger partial charge in [0.2, 0.25) is 5.91 Å². The maximum absolute atomic E-state index is 12.9. The van der Waals surface area contributed by atoms with E-state index in [0.717, 1.165) is 11.1 Å². The first-order valence-electron chi connectivity index (χ1n) is 9.04. The summed E-state index contributed by atoms with van der Waals surface area (Å²) in [6, 6.07) is 19.3. The summed E-state index contributed by atoms with van der Waals surface area (Å²) in [6.45, 7) is 0.280. The highest BCUT2D eigenvalue weighted by atomic mass is 19.1. The molecule has 0 spiro atoms. The Hall–Kier alpha value is -3.97. The van der Waals surface area contributed by atoms with Crippen LogP contribution in [0.1, 0.15) is 21.5 Å². The van der Waals surface area contributed by atoms with Crippen LogP contribution in [0.25, 0.3) is 6.08 Å². The SMILES string of the molecule is O=C(/C=C/c1ccc(C(=O)NO)cc1)Nc1cccc(OCc2ccc(F)cc2)c1. The fourth-order valence-corrected chi connectivity index (χ4v) is 2.58. The molecule has 7 heteroatoms. The standard InChI is InChI=1S/C23H19FN2O4/c24-19-11-6-17(7-12-19)15-30-21-3-1-2-20(14-21)25-22(27)13-8-16-4-9-18(10-5-16)23(28)26-29/h1-14,29H,15H2,(H,25,27)(H,26,28)/b13-8+. The molecule has 0 fully saturated rings. The van der Waals surface area contributed by atoms with Crippen LogP contribution in [0.3, 0.4) is 0 Å². The zero-order valence-electron chi connectivity index (χ0n) is 15.8. The zero-order chi connectivity index (χ0) is 21.3. The number of carbonyl (C=O) groups excluding carboxylic acids is 2. The van der Waals surface area contributed by atoms with E-state index < -0.39 is 5.91 Å². The predicted molar refractivity (Wildman–Crippen MR) is 111 cm³/mol. The van der Waals surface area contributed by atoms with Crippen LogP contribution >= 0.6 is 0 Å². The quantitative estimate of drug-likeness (QED) is 0.312. The molecule has 6 nitrogen and oxygen atoms in total. The lowest BCUT2D eigenvalue weighted by atomic mass is 10.1. The zero-order valence-corrected chi connectivity index (χ0v) is 15.8. The molecule has 0 unspecified atom stereocenters. The molecule has 0 radical (unpaired) electrons. The number of halogens is 1. The lowest BCUT2D eigenvalue weighted by molar-refractivity contribution is -0.111. The Morgan fingerprint density at radius 3 is 2.43 bits per heavy atom. The van der Waals surface area contributed by atoms with E-state index in [2.05, 4.69) is 5.32 Å². The molecule has 2 amide bonds. The van der Waals surface area contributed by atoms with Gasteiger partial charge in [-0.3, -0.25) is 14.8 Å². The van der Waals surface area contributed by atoms with Crippen molar-refractivity contribution in [2.24, 2.45) is 0 Å². The van der Waals surface area contributed by atoms with E-state index in [4.69, 9.17) is 9.94 Å². The Labute approximate surface area is 172 Å². The van der Waals surface area contributed by atoms with Crippen LogP contribution in [-0.4, -0.2) is 17.0 Å². The van der Waals surface area contributed by atoms with Gasteiger partial charge >= 0.3 is 0 Å². The second-order valence-electron chi connectivity index (χ2n) is 6.33. The molecule has 0 bridgehead atoms. The van der Waals surface area contributed by atoms with Crippen molar-refractivity contribution in [3.05, 3.63) is 101 Å². The van der Waals surface area contributed by atoms with Gasteiger partial charge in [-0.05, 0) is 53.6 Å². The molecule has 3 N–H and O–H groups in total. The van der Waals surface area contributed by atoms with Gasteiger partial charge in [-0.2, -0.15) is 0 Å². The molecule has 0 atom stereocenters. The molecule has 3 aromatic rings. The minimum Gasteiger partial charge on any atom is -0.489 e. The minimum absolute atomic E-state index is 0.280. The Morgan fingerprint density at radius 1 is 1.00 bits per heavy atom. The van der Waals surface area contributed by atoms with Crippen molar-refractivity contribution in [1.82, 2.24) is 5.48 Å². The van der Waals surface area contributed by atoms with Gasteiger partial charge in [0, 0.05) is 23.4 Å². The van der Waals surface area contributed by atoms with Gasteiger partial charge in [0.1, 0.15) is 18.2 Å². The van der Waals surface area contributed by atoms with Crippen LogP contribution < -0.4 is 15.5 Å². The van der Waals surface area contributed by atoms with Gasteiger partial charge in [-0.1, -0.05) is 30.3 Å². The van der Waals surface area contributed by atoms with Gasteiger partial charge in [0.05, 0.1) is 0 Å². The maximum Gasteiger partial charge on any atom is 0.274 e. The lowest BCUT2D eigenvalue weighted by Gasteiger charge is -2.08. The first kappa shape index (κ1) is 20.8. The molecule has 0 aromatic heterocycles. The maximum atomic E-state index is 12.9. The van der Waals surface area contributed by atoms with Crippen LogP contribution in [0.5, 0.6) is 5.75 Å². The summed E-state index contributed by atoms with van der Waals surface area (Å²) in [5, 5.41) is 11.4. The van der Waals surface area contributed by atoms with Crippen LogP contribution in [0.15, 0.2) is 78.9 Å². The highest BCUT2D eigenvalue weighted by Crippen LogP contribution is 2.19. The molecule has 0 aliphatic carbocycles. The first-order valence-corrected chi connectivity index (χ1v) is 9.04. The third-order valence-corrected chi connectivity index (χ3v) is 4.12. The Bertz CT molecular complexity index is 1050. The third-order valence-electron chi connectivity index (χ3n) is 4.12. The highest BCUT2D eigenvalue weighted by molar-refractivity contribution is 6.02. The normalized spacial score (nSPS) is 10.6. The molecule has 0 aliphatic heterocycles. The average Bonchev–Trinajstić information content (AvgIpc) is 2.77. The number of hydroxylamine groups is 1. The number of hydrogen-bond acceptors (Lipinski definition) is 4. The second kappa shape index (κ2) is 9.99. The van der Waals surface area contributed by atoms with Crippen molar-refractivity contribution in [2.75, 3.05) is 5.32 Å². The van der Waals surface area contributed by atoms with Crippen molar-refractivity contribution in [2.45, 2.75) is 6.61 Å². The summed E-state index contributed by atoms with van der Waals surface area (Å²) >= 11 is 0. The number of nitrogens with one attached hydrogen (secondary N) is 2. The fourth-order valence-electron chi connectivity index (χ4n) is 2.58. The second-order valence-corrected chi connectivity index (χ2v) is 6.33. The summed E-state index contributed by atoms with van der Waals surface area (Å²) in [5.41, 5.74) is 3.97. The topological polar surface area (TPSA) is 87.7 Å². The number of benzene rings is 3. The summed E-state index contributed by atoms with van der Waals surface area (Å²) in [4.78, 5) is 23.5. The van der Waals surface area contributed by atoms with E-state index in [0.29, 0.717) is 17.0 Å². The summed E-state index contributed by atoms with van der Waals surface area (Å²) < 4.78 is 18.6. The number of hydrogen-bond donors (Lipinski definition) is 3. The Balaban J connectivity index is 1.55. The summed E-state index contributed by atoms with van der Waals surface area (Å²) in [7, 11) is 0. The van der Waals surface area contributed by atoms with E-state index in [-0.39, 0.29) is 18.3 Å². The van der Waals surface area contributed by atoms with Crippen molar-refractivity contribution in [3.63, 3.8) is 0 Å². The summed E-state index contributed by atoms with van der Waals surface area (Å²) in [5.74, 6) is -0.672. The third kappa shape index (κ3) is 6.02. The van der Waals surface area contributed by atoms with E-state index >= 15 is 0 Å². The molecule has 0 saturated heterocycles. The Morgan fingerprint density at radius 2 is 1.73 bits per heavy atom. The lowest BCUT2D eigenvalue weighted by Crippen LogP contribution is -2.18. The van der Waals surface area contributed by atoms with E-state index in [1.54, 1.807) is 60.1 Å². The van der Waals surface area contributed by atoms with Crippen molar-refractivity contribution in [3.8, 4) is 5.75 Å². The van der Waals surface area contributed by atoms with Gasteiger partial charge in [-0.25, -0.2) is 9.87 Å². The molecule has 0 saturated carbocycles. The number of amides is 2. The smallest absolute Gasteiger partial charge is 0.274 e. The van der Waals surface area contributed by atoms with Crippen LogP contribution in [0.2, 0.25) is 0 Å². The first-order chi connectivity index (χ1) is 14.5. The summed E-state index contributed by atoms with van der Waals surface area (Å²) in [6.07, 6.45) is 2.97. The van der Waals surface area contributed by atoms with Crippen LogP contribution in [-0.2, 0) is 11.4 Å². The number of ether oxygens (including phenoxy) is 1. The number of rotatable bonds is 7. The van der Waals surface area contributed by atoms with Crippen LogP contribution in [0, 0.1) is 5.82 Å². The molecule has 0 heterocycles. The molecule has 3 aromatic carbocycles. The van der Waals surface area contributed by atoms with E-state index in [9.17, 15) is 14.0 Å². The minimum atomic E-state index is -0.607. The predicted octanol–water partition coefficient (Wildman–Crippen LogP) is 4.18. The fraction of sp³-hybridized carbons (Fsp3) is 0.0435. The van der Waals surface area contributed by atoms with Crippen molar-refractivity contribution >= 4 is 23.6 Å². The van der Waals surface area contributed by atoms with Gasteiger partial charge in [-0.15, -0.1) is 0 Å². The van der Waals surface area contributed by atoms with Gasteiger partial charge in [0.25, 0.3) is 5.91 Å². The number of carbonyl (C=O) groups is 2. The van der Waals surface area contributed by atoms with Gasteiger partial charge in [0.15, 0.2) is 0 Å². The highest BCUT2D eigenvalue weighted by Gasteiger charge is 2.04. The molecule has 30 heavy (non-hydrogen) atoms. The number of anilines is 1. The largest absolute Gasteiger partial charge is 0.489 e. The molecular weight excluding hydrogens is 387 g/mol. The van der Waals surface area contributed by atoms with Crippen molar-refractivity contribution in [1.29, 1.82) is 0 Å². The van der Waals surface area contributed by atoms with Gasteiger partial charge < -0.3 is 10.1 Å². The van der Waals surface area contributed by atoms with Crippen LogP contribution in [0.4, 0.5) is 10.1 Å².